The van der Waals surface area contributed by atoms with Gasteiger partial charge in [0, 0.05) is 11.5 Å². The summed E-state index contributed by atoms with van der Waals surface area (Å²) in [5.74, 6) is 3.47. The number of hydrogen-bond acceptors (Lipinski definition) is 3. The van der Waals surface area contributed by atoms with E-state index in [1.165, 1.54) is 6.42 Å². The molecular weight excluding hydrogens is 252 g/mol. The predicted octanol–water partition coefficient (Wildman–Crippen LogP) is 3.80. The van der Waals surface area contributed by atoms with E-state index >= 15 is 0 Å². The molecule has 20 heavy (non-hydrogen) atoms. The monoisotopic (exact) mass is 272 g/mol. The molecule has 2 aromatic rings. The lowest BCUT2D eigenvalue weighted by molar-refractivity contribution is 0.182. The fourth-order valence-corrected chi connectivity index (χ4v) is 2.65. The van der Waals surface area contributed by atoms with E-state index in [9.17, 15) is 5.11 Å². The van der Waals surface area contributed by atoms with Gasteiger partial charge in [-0.2, -0.15) is 0 Å². The largest absolute Gasteiger partial charge is 0.496 e. The second kappa shape index (κ2) is 4.98. The molecule has 0 bridgehead atoms. The van der Waals surface area contributed by atoms with Crippen LogP contribution in [0.5, 0.6) is 5.75 Å². The van der Waals surface area contributed by atoms with Crippen LogP contribution in [-0.4, -0.2) is 12.2 Å². The van der Waals surface area contributed by atoms with Gasteiger partial charge in [-0.1, -0.05) is 18.6 Å². The lowest BCUT2D eigenvalue weighted by atomic mass is 10.0. The molecule has 1 heterocycles. The van der Waals surface area contributed by atoms with Crippen LogP contribution in [-0.2, 0) is 0 Å². The topological polar surface area (TPSA) is 42.6 Å². The second-order valence-electron chi connectivity index (χ2n) is 5.71. The van der Waals surface area contributed by atoms with E-state index in [1.807, 2.05) is 37.3 Å². The number of methoxy groups -OCH3 is 1. The summed E-state index contributed by atoms with van der Waals surface area (Å²) in [5, 5.41) is 10.5. The summed E-state index contributed by atoms with van der Waals surface area (Å²) in [6.45, 7) is 4.21. The summed E-state index contributed by atoms with van der Waals surface area (Å²) in [6.07, 6.45) is 0.393. The minimum absolute atomic E-state index is 0.523. The molecule has 1 aromatic carbocycles. The molecule has 1 N–H and O–H groups in total. The molecule has 1 saturated carbocycles. The average molecular weight is 272 g/mol. The van der Waals surface area contributed by atoms with Crippen molar-refractivity contribution in [1.82, 2.24) is 0 Å². The molecule has 0 spiro atoms. The third-order valence-corrected chi connectivity index (χ3v) is 4.07. The van der Waals surface area contributed by atoms with Crippen molar-refractivity contribution in [2.24, 2.45) is 5.92 Å². The van der Waals surface area contributed by atoms with Crippen LogP contribution in [0.4, 0.5) is 0 Å². The van der Waals surface area contributed by atoms with E-state index in [4.69, 9.17) is 9.15 Å². The van der Waals surface area contributed by atoms with Gasteiger partial charge >= 0.3 is 0 Å². The maximum Gasteiger partial charge on any atom is 0.140 e. The zero-order valence-electron chi connectivity index (χ0n) is 12.1. The smallest absolute Gasteiger partial charge is 0.140 e. The van der Waals surface area contributed by atoms with Gasteiger partial charge in [-0.05, 0) is 43.5 Å². The highest BCUT2D eigenvalue weighted by Crippen LogP contribution is 2.48. The van der Waals surface area contributed by atoms with Crippen LogP contribution < -0.4 is 4.74 Å². The number of aliphatic hydroxyl groups is 1. The molecule has 3 heteroatoms. The van der Waals surface area contributed by atoms with Crippen molar-refractivity contribution in [3.63, 3.8) is 0 Å². The summed E-state index contributed by atoms with van der Waals surface area (Å²) < 4.78 is 11.2. The van der Waals surface area contributed by atoms with Crippen molar-refractivity contribution in [1.29, 1.82) is 0 Å². The van der Waals surface area contributed by atoms with Crippen molar-refractivity contribution >= 4 is 0 Å². The highest BCUT2D eigenvalue weighted by Gasteiger charge is 2.37. The summed E-state index contributed by atoms with van der Waals surface area (Å²) in [7, 11) is 1.61. The van der Waals surface area contributed by atoms with Gasteiger partial charge in [-0.25, -0.2) is 0 Å². The summed E-state index contributed by atoms with van der Waals surface area (Å²) in [4.78, 5) is 0. The van der Waals surface area contributed by atoms with E-state index in [0.29, 0.717) is 23.3 Å². The third-order valence-electron chi connectivity index (χ3n) is 4.07. The standard InChI is InChI=1S/C17H20O3/c1-10-4-5-14(19-3)13(8-10)17(18)16-7-6-15(20-16)12-9-11(12)2/h4-8,11-12,17-18H,9H2,1-3H3. The molecule has 3 unspecified atom stereocenters. The van der Waals surface area contributed by atoms with Crippen molar-refractivity contribution in [2.45, 2.75) is 32.3 Å². The first-order valence-electron chi connectivity index (χ1n) is 7.02. The maximum absolute atomic E-state index is 10.5. The minimum atomic E-state index is -0.785. The number of benzene rings is 1. The first-order chi connectivity index (χ1) is 9.60. The Bertz CT molecular complexity index is 614. The van der Waals surface area contributed by atoms with Gasteiger partial charge in [0.15, 0.2) is 0 Å². The molecule has 3 rings (SSSR count). The zero-order chi connectivity index (χ0) is 14.3. The number of rotatable bonds is 4. The molecule has 1 aliphatic carbocycles. The number of hydrogen-bond donors (Lipinski definition) is 1. The van der Waals surface area contributed by atoms with E-state index < -0.39 is 6.10 Å². The van der Waals surface area contributed by atoms with Gasteiger partial charge in [-0.15, -0.1) is 0 Å². The van der Waals surface area contributed by atoms with Gasteiger partial charge < -0.3 is 14.3 Å². The van der Waals surface area contributed by atoms with Gasteiger partial charge in [0.05, 0.1) is 7.11 Å². The number of ether oxygens (including phenoxy) is 1. The van der Waals surface area contributed by atoms with Crippen LogP contribution >= 0.6 is 0 Å². The fourth-order valence-electron chi connectivity index (χ4n) is 2.65. The Morgan fingerprint density at radius 2 is 2.05 bits per heavy atom. The number of furan rings is 1. The van der Waals surface area contributed by atoms with Crippen molar-refractivity contribution in [3.8, 4) is 5.75 Å². The van der Waals surface area contributed by atoms with Crippen LogP contribution in [0.3, 0.4) is 0 Å². The van der Waals surface area contributed by atoms with Gasteiger partial charge in [-0.3, -0.25) is 0 Å². The Kier molecular flexibility index (Phi) is 3.30. The third kappa shape index (κ3) is 2.34. The van der Waals surface area contributed by atoms with Crippen molar-refractivity contribution in [3.05, 3.63) is 53.0 Å². The molecule has 0 amide bonds. The van der Waals surface area contributed by atoms with Gasteiger partial charge in [0.25, 0.3) is 0 Å². The number of aryl methyl sites for hydroxylation is 1. The van der Waals surface area contributed by atoms with E-state index in [2.05, 4.69) is 6.92 Å². The van der Waals surface area contributed by atoms with Crippen LogP contribution in [0.1, 0.15) is 48.0 Å². The Hall–Kier alpha value is -1.74. The van der Waals surface area contributed by atoms with Crippen LogP contribution in [0, 0.1) is 12.8 Å². The molecule has 106 valence electrons. The van der Waals surface area contributed by atoms with Gasteiger partial charge in [0.2, 0.25) is 0 Å². The van der Waals surface area contributed by atoms with Crippen LogP contribution in [0.25, 0.3) is 0 Å². The minimum Gasteiger partial charge on any atom is -0.496 e. The molecule has 0 aliphatic heterocycles. The summed E-state index contributed by atoms with van der Waals surface area (Å²) in [5.41, 5.74) is 1.83. The Balaban J connectivity index is 1.90. The van der Waals surface area contributed by atoms with Crippen LogP contribution in [0.2, 0.25) is 0 Å². The molecule has 0 saturated heterocycles. The lowest BCUT2D eigenvalue weighted by Gasteiger charge is -2.13. The zero-order valence-corrected chi connectivity index (χ0v) is 12.1. The molecule has 0 radical (unpaired) electrons. The van der Waals surface area contributed by atoms with Gasteiger partial charge in [0.1, 0.15) is 23.4 Å². The van der Waals surface area contributed by atoms with Crippen LogP contribution in [0.15, 0.2) is 34.7 Å². The normalized spacial score (nSPS) is 22.6. The number of aliphatic hydroxyl groups excluding tert-OH is 1. The fraction of sp³-hybridized carbons (Fsp3) is 0.412. The highest BCUT2D eigenvalue weighted by molar-refractivity contribution is 5.41. The Labute approximate surface area is 119 Å². The molecule has 1 fully saturated rings. The first-order valence-corrected chi connectivity index (χ1v) is 7.02. The lowest BCUT2D eigenvalue weighted by Crippen LogP contribution is -2.01. The first kappa shape index (κ1) is 13.3. The molecular formula is C17H20O3. The molecule has 3 nitrogen and oxygen atoms in total. The highest BCUT2D eigenvalue weighted by atomic mass is 16.5. The summed E-state index contributed by atoms with van der Waals surface area (Å²) in [6, 6.07) is 9.63. The molecule has 1 aromatic heterocycles. The Morgan fingerprint density at radius 3 is 2.70 bits per heavy atom. The SMILES string of the molecule is COc1ccc(C)cc1C(O)c1ccc(C2CC2C)o1. The van der Waals surface area contributed by atoms with E-state index in [1.54, 1.807) is 7.11 Å². The van der Waals surface area contributed by atoms with E-state index in [0.717, 1.165) is 16.9 Å². The average Bonchev–Trinajstić information content (AvgIpc) is 2.99. The second-order valence-corrected chi connectivity index (χ2v) is 5.71. The maximum atomic E-state index is 10.5. The van der Waals surface area contributed by atoms with Crippen molar-refractivity contribution < 1.29 is 14.3 Å². The van der Waals surface area contributed by atoms with Crippen molar-refractivity contribution in [2.75, 3.05) is 7.11 Å². The quantitative estimate of drug-likeness (QED) is 0.920. The predicted molar refractivity (Wildman–Crippen MR) is 77.0 cm³/mol. The molecule has 1 aliphatic rings. The van der Waals surface area contributed by atoms with E-state index in [-0.39, 0.29) is 0 Å². The Morgan fingerprint density at radius 1 is 1.30 bits per heavy atom. The molecule has 3 atom stereocenters. The summed E-state index contributed by atoms with van der Waals surface area (Å²) >= 11 is 0.